The molecule has 1 aliphatic carbocycles. The fraction of sp³-hybridized carbons (Fsp3) is 0.800. The Bertz CT molecular complexity index is 264. The Labute approximate surface area is 94.8 Å². The maximum absolute atomic E-state index is 11.5. The predicted octanol–water partition coefficient (Wildman–Crippen LogP) is -1.71. The number of aliphatic hydroxyl groups excluding tert-OH is 1. The van der Waals surface area contributed by atoms with E-state index in [0.717, 1.165) is 0 Å². The van der Waals surface area contributed by atoms with Crippen LogP contribution in [-0.2, 0) is 9.59 Å². The number of carbonyl (C=O) groups is 2. The van der Waals surface area contributed by atoms with Gasteiger partial charge in [0.25, 0.3) is 0 Å². The first-order chi connectivity index (χ1) is 7.54. The van der Waals surface area contributed by atoms with E-state index in [4.69, 9.17) is 10.8 Å². The summed E-state index contributed by atoms with van der Waals surface area (Å²) < 4.78 is 0. The van der Waals surface area contributed by atoms with Gasteiger partial charge in [0, 0.05) is 26.7 Å². The molecule has 16 heavy (non-hydrogen) atoms. The molecule has 0 saturated heterocycles. The predicted molar refractivity (Wildman–Crippen MR) is 58.4 cm³/mol. The number of nitrogens with two attached hydrogens (primary N) is 1. The van der Waals surface area contributed by atoms with Crippen LogP contribution in [0.3, 0.4) is 0 Å². The van der Waals surface area contributed by atoms with E-state index in [1.54, 1.807) is 7.05 Å². The summed E-state index contributed by atoms with van der Waals surface area (Å²) in [5, 5.41) is 11.5. The molecule has 0 aromatic carbocycles. The average Bonchev–Trinajstić information content (AvgIpc) is 2.22. The van der Waals surface area contributed by atoms with E-state index < -0.39 is 11.8 Å². The molecule has 0 bridgehead atoms. The molecule has 6 heteroatoms. The summed E-state index contributed by atoms with van der Waals surface area (Å²) in [5.41, 5.74) is 5.21. The Morgan fingerprint density at radius 1 is 1.50 bits per heavy atom. The molecular formula is C10H19N3O3. The lowest BCUT2D eigenvalue weighted by atomic mass is 9.82. The molecule has 92 valence electrons. The number of rotatable bonds is 4. The summed E-state index contributed by atoms with van der Waals surface area (Å²) in [4.78, 5) is 24.2. The lowest BCUT2D eigenvalue weighted by Gasteiger charge is -2.34. The smallest absolute Gasteiger partial charge is 0.311 e. The summed E-state index contributed by atoms with van der Waals surface area (Å²) in [6.45, 7) is 1.14. The number of hydrogen-bond donors (Lipinski definition) is 3. The molecule has 1 aliphatic rings. The van der Waals surface area contributed by atoms with E-state index in [1.807, 2.05) is 0 Å². The molecule has 0 spiro atoms. The van der Waals surface area contributed by atoms with Crippen molar-refractivity contribution in [3.8, 4) is 0 Å². The zero-order chi connectivity index (χ0) is 12.1. The van der Waals surface area contributed by atoms with Crippen LogP contribution in [-0.4, -0.2) is 54.6 Å². The number of nitrogens with zero attached hydrogens (tertiary/aromatic N) is 1. The van der Waals surface area contributed by atoms with Gasteiger partial charge in [0.05, 0.1) is 6.10 Å². The van der Waals surface area contributed by atoms with Crippen molar-refractivity contribution in [2.75, 3.05) is 26.7 Å². The molecule has 0 aromatic rings. The van der Waals surface area contributed by atoms with Gasteiger partial charge >= 0.3 is 11.8 Å². The van der Waals surface area contributed by atoms with Crippen molar-refractivity contribution in [3.63, 3.8) is 0 Å². The van der Waals surface area contributed by atoms with Crippen molar-refractivity contribution in [2.24, 2.45) is 11.7 Å². The van der Waals surface area contributed by atoms with Crippen LogP contribution in [0, 0.1) is 5.92 Å². The second kappa shape index (κ2) is 5.81. The van der Waals surface area contributed by atoms with Crippen molar-refractivity contribution in [1.82, 2.24) is 10.2 Å². The molecule has 0 radical (unpaired) electrons. The maximum Gasteiger partial charge on any atom is 0.311 e. The van der Waals surface area contributed by atoms with E-state index in [0.29, 0.717) is 38.4 Å². The first kappa shape index (κ1) is 12.9. The molecule has 4 N–H and O–H groups in total. The Balaban J connectivity index is 2.27. The highest BCUT2D eigenvalue weighted by Gasteiger charge is 2.30. The van der Waals surface area contributed by atoms with E-state index in [9.17, 15) is 9.59 Å². The van der Waals surface area contributed by atoms with Crippen LogP contribution in [0.4, 0.5) is 0 Å². The van der Waals surface area contributed by atoms with E-state index in [-0.39, 0.29) is 6.10 Å². The Morgan fingerprint density at radius 3 is 2.62 bits per heavy atom. The van der Waals surface area contributed by atoms with Crippen molar-refractivity contribution >= 4 is 11.8 Å². The average molecular weight is 229 g/mol. The zero-order valence-electron chi connectivity index (χ0n) is 9.48. The van der Waals surface area contributed by atoms with Crippen LogP contribution >= 0.6 is 0 Å². The normalized spacial score (nSPS) is 23.4. The third-order valence-corrected chi connectivity index (χ3v) is 2.71. The molecule has 0 atom stereocenters. The highest BCUT2D eigenvalue weighted by Crippen LogP contribution is 2.27. The summed E-state index contributed by atoms with van der Waals surface area (Å²) in [5.74, 6) is -0.853. The number of nitrogens with one attached hydrogen (secondary N) is 1. The minimum atomic E-state index is -0.618. The monoisotopic (exact) mass is 229 g/mol. The molecule has 0 aromatic heterocycles. The van der Waals surface area contributed by atoms with Crippen LogP contribution < -0.4 is 11.1 Å². The molecule has 0 unspecified atom stereocenters. The van der Waals surface area contributed by atoms with Gasteiger partial charge in [-0.25, -0.2) is 0 Å². The van der Waals surface area contributed by atoms with Crippen LogP contribution in [0.5, 0.6) is 0 Å². The van der Waals surface area contributed by atoms with E-state index >= 15 is 0 Å². The van der Waals surface area contributed by atoms with Gasteiger partial charge < -0.3 is 21.1 Å². The maximum atomic E-state index is 11.5. The van der Waals surface area contributed by atoms with Gasteiger partial charge in [-0.05, 0) is 18.8 Å². The molecular weight excluding hydrogens is 210 g/mol. The Morgan fingerprint density at radius 2 is 2.12 bits per heavy atom. The van der Waals surface area contributed by atoms with Gasteiger partial charge in [0.1, 0.15) is 0 Å². The first-order valence-corrected chi connectivity index (χ1v) is 5.46. The SMILES string of the molecule is CN(CC1CC(O)C1)C(=O)C(=O)NCCN. The van der Waals surface area contributed by atoms with Crippen LogP contribution in [0.2, 0.25) is 0 Å². The van der Waals surface area contributed by atoms with Gasteiger partial charge in [-0.2, -0.15) is 0 Å². The fourth-order valence-electron chi connectivity index (χ4n) is 1.75. The standard InChI is InChI=1S/C10H19N3O3/c1-13(6-7-4-8(14)5-7)10(16)9(15)12-3-2-11/h7-8,14H,2-6,11H2,1H3,(H,12,15). The zero-order valence-corrected chi connectivity index (χ0v) is 9.48. The topological polar surface area (TPSA) is 95.7 Å². The van der Waals surface area contributed by atoms with Crippen LogP contribution in [0.25, 0.3) is 0 Å². The molecule has 6 nitrogen and oxygen atoms in total. The molecule has 0 heterocycles. The minimum Gasteiger partial charge on any atom is -0.393 e. The Kier molecular flexibility index (Phi) is 4.70. The third kappa shape index (κ3) is 3.46. The summed E-state index contributed by atoms with van der Waals surface area (Å²) >= 11 is 0. The third-order valence-electron chi connectivity index (χ3n) is 2.71. The minimum absolute atomic E-state index is 0.237. The van der Waals surface area contributed by atoms with Gasteiger partial charge in [0.2, 0.25) is 0 Å². The molecule has 1 rings (SSSR count). The molecule has 1 fully saturated rings. The number of hydrogen-bond acceptors (Lipinski definition) is 4. The quantitative estimate of drug-likeness (QED) is 0.500. The van der Waals surface area contributed by atoms with Crippen LogP contribution in [0.15, 0.2) is 0 Å². The highest BCUT2D eigenvalue weighted by atomic mass is 16.3. The van der Waals surface area contributed by atoms with Gasteiger partial charge in [-0.3, -0.25) is 9.59 Å². The lowest BCUT2D eigenvalue weighted by molar-refractivity contribution is -0.145. The number of carbonyl (C=O) groups excluding carboxylic acids is 2. The van der Waals surface area contributed by atoms with Gasteiger partial charge in [0.15, 0.2) is 0 Å². The van der Waals surface area contributed by atoms with Gasteiger partial charge in [-0.15, -0.1) is 0 Å². The lowest BCUT2D eigenvalue weighted by Crippen LogP contribution is -2.46. The summed E-state index contributed by atoms with van der Waals surface area (Å²) in [6, 6.07) is 0. The molecule has 1 saturated carbocycles. The first-order valence-electron chi connectivity index (χ1n) is 5.46. The number of aliphatic hydroxyl groups is 1. The van der Waals surface area contributed by atoms with Gasteiger partial charge in [-0.1, -0.05) is 0 Å². The van der Waals surface area contributed by atoms with Crippen LogP contribution in [0.1, 0.15) is 12.8 Å². The second-order valence-corrected chi connectivity index (χ2v) is 4.22. The highest BCUT2D eigenvalue weighted by molar-refractivity contribution is 6.34. The van der Waals surface area contributed by atoms with Crippen molar-refractivity contribution in [1.29, 1.82) is 0 Å². The van der Waals surface area contributed by atoms with Crippen molar-refractivity contribution in [2.45, 2.75) is 18.9 Å². The van der Waals surface area contributed by atoms with Crippen molar-refractivity contribution < 1.29 is 14.7 Å². The number of amides is 2. The van der Waals surface area contributed by atoms with Crippen molar-refractivity contribution in [3.05, 3.63) is 0 Å². The van der Waals surface area contributed by atoms with E-state index in [2.05, 4.69) is 5.32 Å². The summed E-state index contributed by atoms with van der Waals surface area (Å²) in [7, 11) is 1.59. The Hall–Kier alpha value is -1.14. The molecule has 2 amide bonds. The number of likely N-dealkylation sites (N-methyl/N-ethyl adjacent to an activating group) is 1. The van der Waals surface area contributed by atoms with E-state index in [1.165, 1.54) is 4.90 Å². The summed E-state index contributed by atoms with van der Waals surface area (Å²) in [6.07, 6.45) is 1.18. The molecule has 0 aliphatic heterocycles. The second-order valence-electron chi connectivity index (χ2n) is 4.22. The fourth-order valence-corrected chi connectivity index (χ4v) is 1.75. The largest absolute Gasteiger partial charge is 0.393 e.